The van der Waals surface area contributed by atoms with Crippen molar-refractivity contribution in [1.29, 1.82) is 0 Å². The summed E-state index contributed by atoms with van der Waals surface area (Å²) in [5.74, 6) is 0.936. The van der Waals surface area contributed by atoms with Crippen LogP contribution in [0.3, 0.4) is 0 Å². The third-order valence-corrected chi connectivity index (χ3v) is 4.91. The number of fused-ring (bicyclic) bond motifs is 1. The van der Waals surface area contributed by atoms with Crippen LogP contribution in [0.4, 0.5) is 9.52 Å². The predicted molar refractivity (Wildman–Crippen MR) is 106 cm³/mol. The molecule has 29 heavy (non-hydrogen) atoms. The second-order valence-corrected chi connectivity index (χ2v) is 7.06. The minimum Gasteiger partial charge on any atom is -0.497 e. The summed E-state index contributed by atoms with van der Waals surface area (Å²) in [6.07, 6.45) is 0. The third-order valence-electron chi connectivity index (χ3n) is 4.10. The van der Waals surface area contributed by atoms with Gasteiger partial charge >= 0.3 is 0 Å². The van der Waals surface area contributed by atoms with Gasteiger partial charge < -0.3 is 9.47 Å². The number of carbonyl (C=O) groups is 1. The van der Waals surface area contributed by atoms with Crippen molar-refractivity contribution in [3.63, 3.8) is 0 Å². The standard InChI is InChI=1S/C19H16FN5O3S/c1-11-3-4-12(9-15(11)20)17-22-23-19-25(17)24-18(29-19)21-16(26)10-28-14-7-5-13(27-2)6-8-14/h3-9H,10H2,1-2H3,(H,21,24,26). The van der Waals surface area contributed by atoms with Crippen LogP contribution in [-0.4, -0.2) is 39.4 Å². The number of aromatic nitrogens is 4. The normalized spacial score (nSPS) is 10.9. The number of hydrogen-bond donors (Lipinski definition) is 1. The molecule has 0 aliphatic heterocycles. The average molecular weight is 413 g/mol. The Bertz CT molecular complexity index is 1170. The highest BCUT2D eigenvalue weighted by molar-refractivity contribution is 7.20. The number of amides is 1. The van der Waals surface area contributed by atoms with Crippen molar-refractivity contribution in [2.24, 2.45) is 0 Å². The molecule has 4 rings (SSSR count). The lowest BCUT2D eigenvalue weighted by Crippen LogP contribution is -2.20. The Balaban J connectivity index is 1.45. The lowest BCUT2D eigenvalue weighted by molar-refractivity contribution is -0.118. The molecule has 4 aromatic rings. The molecule has 2 aromatic heterocycles. The van der Waals surface area contributed by atoms with E-state index >= 15 is 0 Å². The molecule has 1 N–H and O–H groups in total. The lowest BCUT2D eigenvalue weighted by Gasteiger charge is -2.06. The highest BCUT2D eigenvalue weighted by atomic mass is 32.1. The molecule has 0 aliphatic carbocycles. The Morgan fingerprint density at radius 1 is 1.17 bits per heavy atom. The quantitative estimate of drug-likeness (QED) is 0.521. The van der Waals surface area contributed by atoms with Crippen LogP contribution in [0.2, 0.25) is 0 Å². The van der Waals surface area contributed by atoms with Crippen LogP contribution in [0.5, 0.6) is 11.5 Å². The molecule has 1 amide bonds. The maximum absolute atomic E-state index is 13.9. The molecule has 0 saturated carbocycles. The van der Waals surface area contributed by atoms with Crippen LogP contribution in [0.25, 0.3) is 16.3 Å². The van der Waals surface area contributed by atoms with Crippen molar-refractivity contribution in [2.75, 3.05) is 19.0 Å². The molecule has 0 bridgehead atoms. The minimum absolute atomic E-state index is 0.178. The van der Waals surface area contributed by atoms with E-state index in [1.54, 1.807) is 50.4 Å². The van der Waals surface area contributed by atoms with Crippen molar-refractivity contribution in [2.45, 2.75) is 6.92 Å². The zero-order valence-corrected chi connectivity index (χ0v) is 16.4. The molecular weight excluding hydrogens is 397 g/mol. The lowest BCUT2D eigenvalue weighted by atomic mass is 10.1. The first kappa shape index (κ1) is 18.8. The Hall–Kier alpha value is -3.53. The molecule has 0 radical (unpaired) electrons. The number of methoxy groups -OCH3 is 1. The monoisotopic (exact) mass is 413 g/mol. The van der Waals surface area contributed by atoms with E-state index in [-0.39, 0.29) is 18.3 Å². The summed E-state index contributed by atoms with van der Waals surface area (Å²) in [6.45, 7) is 1.51. The molecule has 0 aliphatic rings. The summed E-state index contributed by atoms with van der Waals surface area (Å²) in [6, 6.07) is 11.7. The van der Waals surface area contributed by atoms with Crippen molar-refractivity contribution >= 4 is 27.3 Å². The Kier molecular flexibility index (Phi) is 5.09. The fourth-order valence-corrected chi connectivity index (χ4v) is 3.31. The minimum atomic E-state index is -0.367. The van der Waals surface area contributed by atoms with Gasteiger partial charge in [-0.25, -0.2) is 4.39 Å². The van der Waals surface area contributed by atoms with Crippen LogP contribution >= 0.6 is 11.3 Å². The third kappa shape index (κ3) is 4.02. The predicted octanol–water partition coefficient (Wildman–Crippen LogP) is 3.33. The summed E-state index contributed by atoms with van der Waals surface area (Å²) >= 11 is 1.16. The molecule has 0 fully saturated rings. The molecular formula is C19H16FN5O3S. The van der Waals surface area contributed by atoms with E-state index in [0.717, 1.165) is 11.3 Å². The second-order valence-electron chi connectivity index (χ2n) is 6.10. The number of ether oxygens (including phenoxy) is 2. The van der Waals surface area contributed by atoms with Crippen molar-refractivity contribution in [3.8, 4) is 22.9 Å². The summed E-state index contributed by atoms with van der Waals surface area (Å²) in [4.78, 5) is 12.6. The number of halogens is 1. The number of carbonyl (C=O) groups excluding carboxylic acids is 1. The highest BCUT2D eigenvalue weighted by Gasteiger charge is 2.16. The van der Waals surface area contributed by atoms with E-state index in [0.29, 0.717) is 38.5 Å². The molecule has 0 saturated heterocycles. The highest BCUT2D eigenvalue weighted by Crippen LogP contribution is 2.25. The van der Waals surface area contributed by atoms with Gasteiger partial charge in [-0.05, 0) is 42.8 Å². The molecule has 8 nitrogen and oxygen atoms in total. The van der Waals surface area contributed by atoms with Crippen LogP contribution in [0, 0.1) is 12.7 Å². The number of benzene rings is 2. The fraction of sp³-hybridized carbons (Fsp3) is 0.158. The smallest absolute Gasteiger partial charge is 0.264 e. The largest absolute Gasteiger partial charge is 0.497 e. The van der Waals surface area contributed by atoms with Gasteiger partial charge in [0.2, 0.25) is 10.1 Å². The Morgan fingerprint density at radius 2 is 1.93 bits per heavy atom. The second kappa shape index (κ2) is 7.84. The topological polar surface area (TPSA) is 90.6 Å². The molecule has 148 valence electrons. The molecule has 0 atom stereocenters. The van der Waals surface area contributed by atoms with Gasteiger partial charge in [-0.2, -0.15) is 4.52 Å². The van der Waals surface area contributed by atoms with Crippen molar-refractivity contribution in [1.82, 2.24) is 19.8 Å². The van der Waals surface area contributed by atoms with Crippen molar-refractivity contribution in [3.05, 3.63) is 53.8 Å². The van der Waals surface area contributed by atoms with E-state index in [1.165, 1.54) is 10.6 Å². The van der Waals surface area contributed by atoms with Crippen LogP contribution in [0.15, 0.2) is 42.5 Å². The van der Waals surface area contributed by atoms with E-state index < -0.39 is 0 Å². The fourth-order valence-electron chi connectivity index (χ4n) is 2.56. The van der Waals surface area contributed by atoms with Gasteiger partial charge in [-0.3, -0.25) is 10.1 Å². The van der Waals surface area contributed by atoms with Gasteiger partial charge in [0.15, 0.2) is 12.4 Å². The zero-order valence-electron chi connectivity index (χ0n) is 15.5. The molecule has 10 heteroatoms. The number of aryl methyl sites for hydroxylation is 1. The van der Waals surface area contributed by atoms with Gasteiger partial charge in [0.05, 0.1) is 7.11 Å². The number of hydrogen-bond acceptors (Lipinski definition) is 7. The zero-order chi connectivity index (χ0) is 20.4. The molecule has 2 aromatic carbocycles. The summed E-state index contributed by atoms with van der Waals surface area (Å²) in [5.41, 5.74) is 1.09. The Labute approximate surface area is 168 Å². The first-order valence-electron chi connectivity index (χ1n) is 8.59. The number of nitrogens with one attached hydrogen (secondary N) is 1. The van der Waals surface area contributed by atoms with Gasteiger partial charge in [0.1, 0.15) is 17.3 Å². The van der Waals surface area contributed by atoms with Gasteiger partial charge in [0, 0.05) is 5.56 Å². The number of nitrogens with zero attached hydrogens (tertiary/aromatic N) is 4. The first-order chi connectivity index (χ1) is 14.0. The molecule has 0 spiro atoms. The van der Waals surface area contributed by atoms with Crippen LogP contribution in [0.1, 0.15) is 5.56 Å². The van der Waals surface area contributed by atoms with Gasteiger partial charge in [0.25, 0.3) is 5.91 Å². The number of rotatable bonds is 6. The van der Waals surface area contributed by atoms with Crippen LogP contribution < -0.4 is 14.8 Å². The first-order valence-corrected chi connectivity index (χ1v) is 9.40. The van der Waals surface area contributed by atoms with E-state index in [1.807, 2.05) is 0 Å². The van der Waals surface area contributed by atoms with E-state index in [2.05, 4.69) is 20.6 Å². The average Bonchev–Trinajstić information content (AvgIpc) is 3.29. The maximum Gasteiger partial charge on any atom is 0.264 e. The summed E-state index contributed by atoms with van der Waals surface area (Å²) in [5, 5.41) is 15.4. The van der Waals surface area contributed by atoms with Crippen LogP contribution in [-0.2, 0) is 4.79 Å². The summed E-state index contributed by atoms with van der Waals surface area (Å²) in [7, 11) is 1.57. The van der Waals surface area contributed by atoms with E-state index in [9.17, 15) is 9.18 Å². The number of anilines is 1. The van der Waals surface area contributed by atoms with Gasteiger partial charge in [-0.15, -0.1) is 15.3 Å². The Morgan fingerprint density at radius 3 is 2.66 bits per heavy atom. The van der Waals surface area contributed by atoms with E-state index in [4.69, 9.17) is 9.47 Å². The van der Waals surface area contributed by atoms with Gasteiger partial charge in [-0.1, -0.05) is 23.5 Å². The SMILES string of the molecule is COc1ccc(OCC(=O)Nc2nn3c(-c4ccc(C)c(F)c4)nnc3s2)cc1. The summed E-state index contributed by atoms with van der Waals surface area (Å²) < 4.78 is 25.8. The maximum atomic E-state index is 13.9. The van der Waals surface area contributed by atoms with Crippen molar-refractivity contribution < 1.29 is 18.7 Å². The molecule has 2 heterocycles. The molecule has 0 unspecified atom stereocenters.